The lowest BCUT2D eigenvalue weighted by Gasteiger charge is -2.01. The molecule has 0 aromatic heterocycles. The second kappa shape index (κ2) is 4.62. The van der Waals surface area contributed by atoms with Crippen LogP contribution in [0.15, 0.2) is 0 Å². The van der Waals surface area contributed by atoms with E-state index in [0.29, 0.717) is 0 Å². The van der Waals surface area contributed by atoms with Crippen LogP contribution in [0.25, 0.3) is 0 Å². The molecular formula is C5H8FNO4. The van der Waals surface area contributed by atoms with Gasteiger partial charge in [-0.3, -0.25) is 9.74 Å². The third-order valence-electron chi connectivity index (χ3n) is 1.06. The highest BCUT2D eigenvalue weighted by Crippen LogP contribution is 1.96. The zero-order valence-corrected chi connectivity index (χ0v) is 5.62. The van der Waals surface area contributed by atoms with Crippen molar-refractivity contribution >= 4 is 11.9 Å². The molecule has 64 valence electrons. The van der Waals surface area contributed by atoms with E-state index in [2.05, 4.69) is 4.94 Å². The molecule has 0 saturated carbocycles. The van der Waals surface area contributed by atoms with E-state index >= 15 is 0 Å². The highest BCUT2D eigenvalue weighted by Gasteiger charge is 2.14. The summed E-state index contributed by atoms with van der Waals surface area (Å²) in [7, 11) is 0. The molecule has 11 heavy (non-hydrogen) atoms. The first-order chi connectivity index (χ1) is 5.07. The molecule has 0 aliphatic heterocycles. The Morgan fingerprint density at radius 2 is 2.18 bits per heavy atom. The summed E-state index contributed by atoms with van der Waals surface area (Å²) in [6.45, 7) is 0. The summed E-state index contributed by atoms with van der Waals surface area (Å²) >= 11 is 0. The number of halogens is 1. The Bertz CT molecular complexity index is 161. The highest BCUT2D eigenvalue weighted by molar-refractivity contribution is 5.75. The maximum atomic E-state index is 11.0. The van der Waals surface area contributed by atoms with Crippen LogP contribution in [0.4, 0.5) is 4.53 Å². The molecule has 0 spiro atoms. The van der Waals surface area contributed by atoms with Crippen molar-refractivity contribution in [2.75, 3.05) is 0 Å². The molecule has 0 aliphatic carbocycles. The standard InChI is InChI=1S/C5H8FNO4/c6-11-4(8)2-1-3(7)5(9)10/h3H,1-2,7H2,(H,9,10)/t3-/m1/s1. The maximum Gasteiger partial charge on any atom is 0.348 e. The van der Waals surface area contributed by atoms with Crippen LogP contribution in [0.1, 0.15) is 12.8 Å². The van der Waals surface area contributed by atoms with Gasteiger partial charge in [-0.25, -0.2) is 4.79 Å². The first kappa shape index (κ1) is 9.83. The van der Waals surface area contributed by atoms with Gasteiger partial charge in [-0.1, -0.05) is 0 Å². The number of hydrogen-bond donors (Lipinski definition) is 2. The number of carbonyl (C=O) groups excluding carboxylic acids is 1. The Labute approximate surface area is 61.8 Å². The third-order valence-corrected chi connectivity index (χ3v) is 1.06. The van der Waals surface area contributed by atoms with Gasteiger partial charge in [0.2, 0.25) is 0 Å². The van der Waals surface area contributed by atoms with Crippen LogP contribution in [-0.2, 0) is 14.5 Å². The molecule has 0 amide bonds. The molecule has 3 N–H and O–H groups in total. The summed E-state index contributed by atoms with van der Waals surface area (Å²) in [6, 6.07) is -1.14. The van der Waals surface area contributed by atoms with Crippen LogP contribution >= 0.6 is 0 Å². The minimum Gasteiger partial charge on any atom is -0.480 e. The molecule has 0 rings (SSSR count). The first-order valence-electron chi connectivity index (χ1n) is 2.87. The van der Waals surface area contributed by atoms with Crippen molar-refractivity contribution in [3.8, 4) is 0 Å². The second-order valence-corrected chi connectivity index (χ2v) is 1.93. The maximum absolute atomic E-state index is 11.0. The predicted molar refractivity (Wildman–Crippen MR) is 32.0 cm³/mol. The van der Waals surface area contributed by atoms with Gasteiger partial charge in [-0.15, -0.1) is 0 Å². The number of carboxylic acids is 1. The Balaban J connectivity index is 3.54. The molecule has 6 heteroatoms. The Hall–Kier alpha value is -1.17. The lowest BCUT2D eigenvalue weighted by molar-refractivity contribution is -0.183. The molecule has 0 bridgehead atoms. The number of carbonyl (C=O) groups is 2. The number of nitrogens with two attached hydrogens (primary N) is 1. The SMILES string of the molecule is N[C@H](CCC(=O)OF)C(=O)O. The molecule has 0 aliphatic rings. The predicted octanol–water partition coefficient (Wildman–Crippen LogP) is -0.394. The van der Waals surface area contributed by atoms with Crippen molar-refractivity contribution in [3.63, 3.8) is 0 Å². The fraction of sp³-hybridized carbons (Fsp3) is 0.600. The quantitative estimate of drug-likeness (QED) is 0.591. The normalized spacial score (nSPS) is 12.2. The van der Waals surface area contributed by atoms with Crippen LogP contribution in [0, 0.1) is 0 Å². The summed E-state index contributed by atoms with van der Waals surface area (Å²) < 4.78 is 11.0. The van der Waals surface area contributed by atoms with E-state index in [9.17, 15) is 14.1 Å². The van der Waals surface area contributed by atoms with E-state index in [1.165, 1.54) is 0 Å². The van der Waals surface area contributed by atoms with Crippen molar-refractivity contribution in [2.24, 2.45) is 5.73 Å². The summed E-state index contributed by atoms with van der Waals surface area (Å²) in [5.41, 5.74) is 4.99. The zero-order chi connectivity index (χ0) is 8.85. The average molecular weight is 165 g/mol. The molecule has 0 unspecified atom stereocenters. The minimum atomic E-state index is -1.23. The van der Waals surface area contributed by atoms with E-state index in [-0.39, 0.29) is 12.8 Å². The summed E-state index contributed by atoms with van der Waals surface area (Å²) in [5.74, 6) is -2.33. The summed E-state index contributed by atoms with van der Waals surface area (Å²) in [5, 5.41) is 8.20. The second-order valence-electron chi connectivity index (χ2n) is 1.93. The van der Waals surface area contributed by atoms with Gasteiger partial charge in [-0.05, 0) is 6.42 Å². The van der Waals surface area contributed by atoms with Gasteiger partial charge in [-0.2, -0.15) is 0 Å². The van der Waals surface area contributed by atoms with E-state index < -0.39 is 18.0 Å². The lowest BCUT2D eigenvalue weighted by Crippen LogP contribution is -2.30. The van der Waals surface area contributed by atoms with Gasteiger partial charge in [0.25, 0.3) is 0 Å². The Kier molecular flexibility index (Phi) is 4.12. The highest BCUT2D eigenvalue weighted by atomic mass is 19.3. The molecule has 0 aromatic carbocycles. The molecule has 0 heterocycles. The van der Waals surface area contributed by atoms with Crippen LogP contribution < -0.4 is 5.73 Å². The molecule has 0 saturated heterocycles. The van der Waals surface area contributed by atoms with Crippen LogP contribution in [0.2, 0.25) is 0 Å². The molecule has 0 fully saturated rings. The van der Waals surface area contributed by atoms with Crippen molar-refractivity contribution in [2.45, 2.75) is 18.9 Å². The van der Waals surface area contributed by atoms with Gasteiger partial charge in [0.1, 0.15) is 6.04 Å². The Morgan fingerprint density at radius 1 is 1.64 bits per heavy atom. The van der Waals surface area contributed by atoms with Crippen LogP contribution in [-0.4, -0.2) is 23.1 Å². The van der Waals surface area contributed by atoms with Gasteiger partial charge in [0.15, 0.2) is 0 Å². The molecule has 5 nitrogen and oxygen atoms in total. The molecular weight excluding hydrogens is 157 g/mol. The van der Waals surface area contributed by atoms with E-state index in [0.717, 1.165) is 0 Å². The van der Waals surface area contributed by atoms with Gasteiger partial charge < -0.3 is 10.8 Å². The minimum absolute atomic E-state index is 0.127. The Morgan fingerprint density at radius 3 is 2.55 bits per heavy atom. The third kappa shape index (κ3) is 4.26. The lowest BCUT2D eigenvalue weighted by atomic mass is 10.2. The fourth-order valence-corrected chi connectivity index (χ4v) is 0.435. The van der Waals surface area contributed by atoms with Crippen molar-refractivity contribution in [3.05, 3.63) is 0 Å². The largest absolute Gasteiger partial charge is 0.480 e. The van der Waals surface area contributed by atoms with Gasteiger partial charge >= 0.3 is 11.9 Å². The zero-order valence-electron chi connectivity index (χ0n) is 5.62. The molecule has 1 atom stereocenters. The summed E-state index contributed by atoms with van der Waals surface area (Å²) in [4.78, 5) is 22.9. The van der Waals surface area contributed by atoms with Crippen molar-refractivity contribution in [1.82, 2.24) is 0 Å². The monoisotopic (exact) mass is 165 g/mol. The number of hydrogen-bond acceptors (Lipinski definition) is 4. The van der Waals surface area contributed by atoms with Crippen molar-refractivity contribution in [1.29, 1.82) is 0 Å². The van der Waals surface area contributed by atoms with Crippen LogP contribution in [0.3, 0.4) is 0 Å². The van der Waals surface area contributed by atoms with Gasteiger partial charge in [0, 0.05) is 4.53 Å². The number of carboxylic acid groups (broad SMARTS) is 1. The van der Waals surface area contributed by atoms with E-state index in [4.69, 9.17) is 10.8 Å². The van der Waals surface area contributed by atoms with E-state index in [1.807, 2.05) is 0 Å². The number of rotatable bonds is 4. The molecule has 0 aromatic rings. The first-order valence-corrected chi connectivity index (χ1v) is 2.87. The summed E-state index contributed by atoms with van der Waals surface area (Å²) in [6.07, 6.45) is -0.456. The van der Waals surface area contributed by atoms with Crippen molar-refractivity contribution < 1.29 is 24.2 Å². The average Bonchev–Trinajstić information content (AvgIpc) is 1.99. The fourth-order valence-electron chi connectivity index (χ4n) is 0.435. The topological polar surface area (TPSA) is 89.6 Å². The van der Waals surface area contributed by atoms with Gasteiger partial charge in [0.05, 0.1) is 6.42 Å². The number of aliphatic carboxylic acids is 1. The smallest absolute Gasteiger partial charge is 0.348 e. The molecule has 0 radical (unpaired) electrons. The van der Waals surface area contributed by atoms with Crippen LogP contribution in [0.5, 0.6) is 0 Å². The van der Waals surface area contributed by atoms with E-state index in [1.54, 1.807) is 0 Å².